The van der Waals surface area contributed by atoms with Crippen molar-refractivity contribution in [2.75, 3.05) is 20.1 Å². The first-order valence-corrected chi connectivity index (χ1v) is 6.01. The summed E-state index contributed by atoms with van der Waals surface area (Å²) in [4.78, 5) is 14.2. The molecule has 0 bridgehead atoms. The lowest BCUT2D eigenvalue weighted by Crippen LogP contribution is -2.34. The van der Waals surface area contributed by atoms with E-state index in [0.717, 1.165) is 25.2 Å². The van der Waals surface area contributed by atoms with Gasteiger partial charge in [0.15, 0.2) is 0 Å². The molecule has 16 heavy (non-hydrogen) atoms. The summed E-state index contributed by atoms with van der Waals surface area (Å²) in [5.74, 6) is 0.663. The third-order valence-electron chi connectivity index (χ3n) is 3.50. The summed E-state index contributed by atoms with van der Waals surface area (Å²) in [6.07, 6.45) is 4.32. The second kappa shape index (κ2) is 4.83. The minimum Gasteiger partial charge on any atom is -0.315 e. The molecule has 3 heteroatoms. The van der Waals surface area contributed by atoms with E-state index in [2.05, 4.69) is 11.9 Å². The van der Waals surface area contributed by atoms with Crippen LogP contribution in [0.4, 0.5) is 0 Å². The van der Waals surface area contributed by atoms with Gasteiger partial charge in [0.25, 0.3) is 5.56 Å². The van der Waals surface area contributed by atoms with E-state index in [9.17, 15) is 4.79 Å². The van der Waals surface area contributed by atoms with Crippen LogP contribution in [0.3, 0.4) is 0 Å². The van der Waals surface area contributed by atoms with Crippen LogP contribution < -0.4 is 5.56 Å². The number of pyridine rings is 1. The van der Waals surface area contributed by atoms with Gasteiger partial charge < -0.3 is 9.47 Å². The Morgan fingerprint density at radius 2 is 2.06 bits per heavy atom. The number of aryl methyl sites for hydroxylation is 1. The Hall–Kier alpha value is -1.09. The van der Waals surface area contributed by atoms with Gasteiger partial charge in [0.1, 0.15) is 0 Å². The highest BCUT2D eigenvalue weighted by atomic mass is 16.1. The molecule has 0 aromatic carbocycles. The van der Waals surface area contributed by atoms with Crippen LogP contribution in [0.15, 0.2) is 23.1 Å². The molecule has 1 fully saturated rings. The maximum atomic E-state index is 11.9. The zero-order valence-electron chi connectivity index (χ0n) is 10.1. The van der Waals surface area contributed by atoms with E-state index in [1.165, 1.54) is 12.8 Å². The molecule has 0 spiro atoms. The second-order valence-corrected chi connectivity index (χ2v) is 4.90. The average Bonchev–Trinajstić information content (AvgIpc) is 2.28. The molecule has 88 valence electrons. The van der Waals surface area contributed by atoms with Crippen molar-refractivity contribution in [3.63, 3.8) is 0 Å². The molecule has 1 aliphatic heterocycles. The van der Waals surface area contributed by atoms with E-state index in [-0.39, 0.29) is 5.56 Å². The van der Waals surface area contributed by atoms with Gasteiger partial charge in [-0.1, -0.05) is 6.07 Å². The Morgan fingerprint density at radius 3 is 2.75 bits per heavy atom. The van der Waals surface area contributed by atoms with Crippen LogP contribution in [0.5, 0.6) is 0 Å². The first kappa shape index (κ1) is 11.4. The Balaban J connectivity index is 2.04. The molecule has 1 aliphatic rings. The molecule has 1 saturated heterocycles. The van der Waals surface area contributed by atoms with Crippen LogP contribution in [-0.4, -0.2) is 29.6 Å². The van der Waals surface area contributed by atoms with Gasteiger partial charge in [-0.15, -0.1) is 0 Å². The smallest absolute Gasteiger partial charge is 0.253 e. The van der Waals surface area contributed by atoms with Gasteiger partial charge in [-0.2, -0.15) is 0 Å². The standard InChI is InChI=1S/C13H20N2O/c1-11-4-3-7-15(13(11)16)10-12-5-8-14(2)9-6-12/h3-4,7,12H,5-6,8-10H2,1-2H3. The van der Waals surface area contributed by atoms with Crippen molar-refractivity contribution < 1.29 is 0 Å². The lowest BCUT2D eigenvalue weighted by atomic mass is 9.97. The fourth-order valence-electron chi connectivity index (χ4n) is 2.32. The minimum atomic E-state index is 0.168. The van der Waals surface area contributed by atoms with Gasteiger partial charge in [-0.25, -0.2) is 0 Å². The number of piperidine rings is 1. The molecule has 0 amide bonds. The SMILES string of the molecule is Cc1cccn(CC2CCN(C)CC2)c1=O. The van der Waals surface area contributed by atoms with Gasteiger partial charge in [-0.05, 0) is 51.9 Å². The third-order valence-corrected chi connectivity index (χ3v) is 3.50. The normalized spacial score (nSPS) is 18.9. The Labute approximate surface area is 96.7 Å². The first-order valence-electron chi connectivity index (χ1n) is 6.01. The van der Waals surface area contributed by atoms with Crippen molar-refractivity contribution in [1.29, 1.82) is 0 Å². The van der Waals surface area contributed by atoms with E-state index < -0.39 is 0 Å². The highest BCUT2D eigenvalue weighted by Crippen LogP contribution is 2.17. The summed E-state index contributed by atoms with van der Waals surface area (Å²) in [6.45, 7) is 5.08. The molecule has 1 aromatic heterocycles. The second-order valence-electron chi connectivity index (χ2n) is 4.90. The molecule has 3 nitrogen and oxygen atoms in total. The summed E-state index contributed by atoms with van der Waals surface area (Å²) < 4.78 is 1.87. The Bertz CT molecular complexity index is 403. The maximum Gasteiger partial charge on any atom is 0.253 e. The van der Waals surface area contributed by atoms with E-state index >= 15 is 0 Å². The zero-order chi connectivity index (χ0) is 11.5. The van der Waals surface area contributed by atoms with E-state index in [4.69, 9.17) is 0 Å². The molecular weight excluding hydrogens is 200 g/mol. The van der Waals surface area contributed by atoms with Crippen molar-refractivity contribution in [3.05, 3.63) is 34.2 Å². The van der Waals surface area contributed by atoms with Gasteiger partial charge >= 0.3 is 0 Å². The summed E-state index contributed by atoms with van der Waals surface area (Å²) in [6, 6.07) is 3.85. The lowest BCUT2D eigenvalue weighted by molar-refractivity contribution is 0.204. The van der Waals surface area contributed by atoms with Crippen LogP contribution in [-0.2, 0) is 6.54 Å². The monoisotopic (exact) mass is 220 g/mol. The van der Waals surface area contributed by atoms with Gasteiger partial charge in [-0.3, -0.25) is 4.79 Å². The van der Waals surface area contributed by atoms with E-state index in [0.29, 0.717) is 5.92 Å². The lowest BCUT2D eigenvalue weighted by Gasteiger charge is -2.29. The summed E-state index contributed by atoms with van der Waals surface area (Å²) in [7, 11) is 2.16. The summed E-state index contributed by atoms with van der Waals surface area (Å²) in [5.41, 5.74) is 1.01. The molecular formula is C13H20N2O. The molecule has 0 atom stereocenters. The highest BCUT2D eigenvalue weighted by Gasteiger charge is 2.17. The molecule has 0 radical (unpaired) electrons. The van der Waals surface area contributed by atoms with Crippen molar-refractivity contribution in [2.24, 2.45) is 5.92 Å². The van der Waals surface area contributed by atoms with Crippen molar-refractivity contribution in [1.82, 2.24) is 9.47 Å². The third kappa shape index (κ3) is 2.53. The molecule has 0 aliphatic carbocycles. The predicted molar refractivity (Wildman–Crippen MR) is 65.7 cm³/mol. The van der Waals surface area contributed by atoms with Gasteiger partial charge in [0.05, 0.1) is 0 Å². The van der Waals surface area contributed by atoms with Crippen molar-refractivity contribution in [3.8, 4) is 0 Å². The summed E-state index contributed by atoms with van der Waals surface area (Å²) >= 11 is 0. The zero-order valence-corrected chi connectivity index (χ0v) is 10.1. The van der Waals surface area contributed by atoms with Crippen LogP contribution in [0.2, 0.25) is 0 Å². The number of rotatable bonds is 2. The molecule has 0 unspecified atom stereocenters. The Kier molecular flexibility index (Phi) is 3.44. The largest absolute Gasteiger partial charge is 0.315 e. The average molecular weight is 220 g/mol. The highest BCUT2D eigenvalue weighted by molar-refractivity contribution is 5.07. The number of likely N-dealkylation sites (tertiary alicyclic amines) is 1. The van der Waals surface area contributed by atoms with Crippen LogP contribution in [0, 0.1) is 12.8 Å². The van der Waals surface area contributed by atoms with E-state index in [1.807, 2.05) is 29.8 Å². The quantitative estimate of drug-likeness (QED) is 0.754. The van der Waals surface area contributed by atoms with Crippen molar-refractivity contribution in [2.45, 2.75) is 26.3 Å². The minimum absolute atomic E-state index is 0.168. The Morgan fingerprint density at radius 1 is 1.38 bits per heavy atom. The van der Waals surface area contributed by atoms with Crippen LogP contribution in [0.1, 0.15) is 18.4 Å². The number of hydrogen-bond acceptors (Lipinski definition) is 2. The van der Waals surface area contributed by atoms with Crippen LogP contribution in [0.25, 0.3) is 0 Å². The fraction of sp³-hybridized carbons (Fsp3) is 0.615. The maximum absolute atomic E-state index is 11.9. The first-order chi connectivity index (χ1) is 7.66. The van der Waals surface area contributed by atoms with Crippen LogP contribution >= 0.6 is 0 Å². The molecule has 1 aromatic rings. The van der Waals surface area contributed by atoms with Gasteiger partial charge in [0.2, 0.25) is 0 Å². The molecule has 2 rings (SSSR count). The van der Waals surface area contributed by atoms with Gasteiger partial charge in [0, 0.05) is 18.3 Å². The predicted octanol–water partition coefficient (Wildman–Crippen LogP) is 1.50. The van der Waals surface area contributed by atoms with Crippen molar-refractivity contribution >= 4 is 0 Å². The van der Waals surface area contributed by atoms with E-state index in [1.54, 1.807) is 0 Å². The molecule has 2 heterocycles. The number of nitrogens with zero attached hydrogens (tertiary/aromatic N) is 2. The number of aromatic nitrogens is 1. The molecule has 0 saturated carbocycles. The fourth-order valence-corrected chi connectivity index (χ4v) is 2.32. The number of hydrogen-bond donors (Lipinski definition) is 0. The topological polar surface area (TPSA) is 25.2 Å². The summed E-state index contributed by atoms with van der Waals surface area (Å²) in [5, 5.41) is 0. The molecule has 0 N–H and O–H groups in total.